The first kappa shape index (κ1) is 7.55. The molecule has 56 valence electrons. The van der Waals surface area contributed by atoms with Crippen molar-refractivity contribution < 1.29 is 5.11 Å². The zero-order valence-electron chi connectivity index (χ0n) is 6.65. The molecule has 0 saturated heterocycles. The van der Waals surface area contributed by atoms with Crippen LogP contribution in [0.2, 0.25) is 0 Å². The summed E-state index contributed by atoms with van der Waals surface area (Å²) in [4.78, 5) is 0. The molecule has 1 aliphatic rings. The Labute approximate surface area is 62.1 Å². The van der Waals surface area contributed by atoms with Gasteiger partial charge in [0.2, 0.25) is 0 Å². The van der Waals surface area contributed by atoms with Crippen LogP contribution in [0.5, 0.6) is 0 Å². The number of hydrogen-bond acceptors (Lipinski definition) is 1. The molecular formula is C9H14O. The van der Waals surface area contributed by atoms with Crippen LogP contribution >= 0.6 is 0 Å². The van der Waals surface area contributed by atoms with E-state index < -0.39 is 0 Å². The highest BCUT2D eigenvalue weighted by Crippen LogP contribution is 2.23. The smallest absolute Gasteiger partial charge is 0.0683 e. The van der Waals surface area contributed by atoms with E-state index >= 15 is 0 Å². The minimum Gasteiger partial charge on any atom is -0.392 e. The highest BCUT2D eigenvalue weighted by atomic mass is 16.3. The van der Waals surface area contributed by atoms with Gasteiger partial charge in [-0.05, 0) is 37.8 Å². The summed E-state index contributed by atoms with van der Waals surface area (Å²) in [6, 6.07) is 0. The first-order chi connectivity index (χ1) is 4.75. The van der Waals surface area contributed by atoms with Gasteiger partial charge in [-0.1, -0.05) is 11.6 Å². The molecule has 0 fully saturated rings. The molecule has 1 nitrogen and oxygen atoms in total. The van der Waals surface area contributed by atoms with Crippen molar-refractivity contribution in [3.63, 3.8) is 0 Å². The highest BCUT2D eigenvalue weighted by Gasteiger charge is 2.07. The molecule has 1 heteroatoms. The first-order valence-electron chi connectivity index (χ1n) is 3.72. The molecule has 0 spiro atoms. The lowest BCUT2D eigenvalue weighted by atomic mass is 9.93. The SMILES string of the molecule is CC1=CCCC(C)=C1CO. The van der Waals surface area contributed by atoms with E-state index in [-0.39, 0.29) is 6.61 Å². The topological polar surface area (TPSA) is 20.2 Å². The van der Waals surface area contributed by atoms with Gasteiger partial charge in [-0.15, -0.1) is 0 Å². The van der Waals surface area contributed by atoms with E-state index in [1.54, 1.807) is 0 Å². The monoisotopic (exact) mass is 138 g/mol. The van der Waals surface area contributed by atoms with Gasteiger partial charge in [0.25, 0.3) is 0 Å². The second-order valence-electron chi connectivity index (χ2n) is 2.84. The Hall–Kier alpha value is -0.560. The predicted molar refractivity (Wildman–Crippen MR) is 42.8 cm³/mol. The zero-order chi connectivity index (χ0) is 7.56. The average molecular weight is 138 g/mol. The van der Waals surface area contributed by atoms with Crippen molar-refractivity contribution in [1.82, 2.24) is 0 Å². The molecule has 0 unspecified atom stereocenters. The summed E-state index contributed by atoms with van der Waals surface area (Å²) in [7, 11) is 0. The molecule has 0 saturated carbocycles. The zero-order valence-corrected chi connectivity index (χ0v) is 6.65. The standard InChI is InChI=1S/C9H14O/c1-7-4-3-5-8(2)9(7)6-10/h4,10H,3,5-6H2,1-2H3. The lowest BCUT2D eigenvalue weighted by molar-refractivity contribution is 0.331. The summed E-state index contributed by atoms with van der Waals surface area (Å²) >= 11 is 0. The Morgan fingerprint density at radius 2 is 2.20 bits per heavy atom. The highest BCUT2D eigenvalue weighted by molar-refractivity contribution is 5.36. The van der Waals surface area contributed by atoms with Crippen LogP contribution in [0.15, 0.2) is 22.8 Å². The Morgan fingerprint density at radius 3 is 2.60 bits per heavy atom. The van der Waals surface area contributed by atoms with Crippen molar-refractivity contribution in [2.45, 2.75) is 26.7 Å². The van der Waals surface area contributed by atoms with Crippen LogP contribution in [0.3, 0.4) is 0 Å². The average Bonchev–Trinajstić information content (AvgIpc) is 1.88. The maximum absolute atomic E-state index is 8.93. The summed E-state index contributed by atoms with van der Waals surface area (Å²) in [5.41, 5.74) is 3.75. The maximum atomic E-state index is 8.93. The fraction of sp³-hybridized carbons (Fsp3) is 0.556. The van der Waals surface area contributed by atoms with E-state index in [2.05, 4.69) is 19.9 Å². The second-order valence-corrected chi connectivity index (χ2v) is 2.84. The third kappa shape index (κ3) is 1.29. The fourth-order valence-electron chi connectivity index (χ4n) is 1.38. The van der Waals surface area contributed by atoms with Gasteiger partial charge in [0.1, 0.15) is 0 Å². The molecular weight excluding hydrogens is 124 g/mol. The molecule has 0 radical (unpaired) electrons. The normalized spacial score (nSPS) is 19.3. The van der Waals surface area contributed by atoms with Crippen molar-refractivity contribution in [3.05, 3.63) is 22.8 Å². The number of hydrogen-bond donors (Lipinski definition) is 1. The largest absolute Gasteiger partial charge is 0.392 e. The van der Waals surface area contributed by atoms with E-state index in [9.17, 15) is 0 Å². The van der Waals surface area contributed by atoms with Crippen molar-refractivity contribution >= 4 is 0 Å². The molecule has 0 aromatic rings. The van der Waals surface area contributed by atoms with Crippen LogP contribution < -0.4 is 0 Å². The van der Waals surface area contributed by atoms with Crippen LogP contribution in [0, 0.1) is 0 Å². The Morgan fingerprint density at radius 1 is 1.50 bits per heavy atom. The van der Waals surface area contributed by atoms with Crippen LogP contribution in [-0.4, -0.2) is 11.7 Å². The molecule has 0 heterocycles. The van der Waals surface area contributed by atoms with Crippen molar-refractivity contribution in [2.75, 3.05) is 6.61 Å². The maximum Gasteiger partial charge on any atom is 0.0683 e. The minimum atomic E-state index is 0.203. The first-order valence-corrected chi connectivity index (χ1v) is 3.72. The Balaban J connectivity index is 2.87. The van der Waals surface area contributed by atoms with Crippen molar-refractivity contribution in [1.29, 1.82) is 0 Å². The van der Waals surface area contributed by atoms with Gasteiger partial charge >= 0.3 is 0 Å². The van der Waals surface area contributed by atoms with Gasteiger partial charge in [-0.25, -0.2) is 0 Å². The Bertz CT molecular complexity index is 187. The molecule has 10 heavy (non-hydrogen) atoms. The summed E-state index contributed by atoms with van der Waals surface area (Å²) in [5, 5.41) is 8.93. The van der Waals surface area contributed by atoms with E-state index in [4.69, 9.17) is 5.11 Å². The number of aliphatic hydroxyl groups is 1. The lowest BCUT2D eigenvalue weighted by Crippen LogP contribution is -2.00. The van der Waals surface area contributed by atoms with E-state index in [0.717, 1.165) is 18.4 Å². The van der Waals surface area contributed by atoms with Gasteiger partial charge < -0.3 is 5.11 Å². The van der Waals surface area contributed by atoms with Crippen LogP contribution in [-0.2, 0) is 0 Å². The van der Waals surface area contributed by atoms with E-state index in [1.807, 2.05) is 0 Å². The predicted octanol–water partition coefficient (Wildman–Crippen LogP) is 2.04. The van der Waals surface area contributed by atoms with Crippen LogP contribution in [0.1, 0.15) is 26.7 Å². The van der Waals surface area contributed by atoms with Crippen molar-refractivity contribution in [3.8, 4) is 0 Å². The van der Waals surface area contributed by atoms with Crippen LogP contribution in [0.25, 0.3) is 0 Å². The molecule has 1 N–H and O–H groups in total. The molecule has 0 aromatic carbocycles. The number of aliphatic hydroxyl groups excluding tert-OH is 1. The van der Waals surface area contributed by atoms with Gasteiger partial charge in [0.05, 0.1) is 6.61 Å². The molecule has 1 aliphatic carbocycles. The molecule has 0 aliphatic heterocycles. The van der Waals surface area contributed by atoms with Gasteiger partial charge in [-0.3, -0.25) is 0 Å². The number of allylic oxidation sites excluding steroid dienone is 2. The lowest BCUT2D eigenvalue weighted by Gasteiger charge is -2.14. The van der Waals surface area contributed by atoms with Gasteiger partial charge in [0, 0.05) is 0 Å². The fourth-order valence-corrected chi connectivity index (χ4v) is 1.38. The summed E-state index contributed by atoms with van der Waals surface area (Å²) in [5.74, 6) is 0. The van der Waals surface area contributed by atoms with Crippen molar-refractivity contribution in [2.24, 2.45) is 0 Å². The molecule has 0 bridgehead atoms. The molecule has 0 aromatic heterocycles. The summed E-state index contributed by atoms with van der Waals surface area (Å²) < 4.78 is 0. The second kappa shape index (κ2) is 3.02. The minimum absolute atomic E-state index is 0.203. The summed E-state index contributed by atoms with van der Waals surface area (Å²) in [6.07, 6.45) is 4.45. The summed E-state index contributed by atoms with van der Waals surface area (Å²) in [6.45, 7) is 4.37. The quantitative estimate of drug-likeness (QED) is 0.588. The molecule has 0 amide bonds. The van der Waals surface area contributed by atoms with Gasteiger partial charge in [-0.2, -0.15) is 0 Å². The van der Waals surface area contributed by atoms with E-state index in [1.165, 1.54) is 11.1 Å². The molecule has 1 rings (SSSR count). The number of rotatable bonds is 1. The Kier molecular flexibility index (Phi) is 2.28. The van der Waals surface area contributed by atoms with Crippen LogP contribution in [0.4, 0.5) is 0 Å². The van der Waals surface area contributed by atoms with E-state index in [0.29, 0.717) is 0 Å². The third-order valence-electron chi connectivity index (χ3n) is 2.12. The van der Waals surface area contributed by atoms with Gasteiger partial charge in [0.15, 0.2) is 0 Å². The third-order valence-corrected chi connectivity index (χ3v) is 2.12. The molecule has 0 atom stereocenters.